The van der Waals surface area contributed by atoms with E-state index in [9.17, 15) is 5.11 Å². The van der Waals surface area contributed by atoms with Gasteiger partial charge in [-0.25, -0.2) is 0 Å². The highest BCUT2D eigenvalue weighted by atomic mass is 16.5. The van der Waals surface area contributed by atoms with Gasteiger partial charge in [0.25, 0.3) is 0 Å². The van der Waals surface area contributed by atoms with Crippen molar-refractivity contribution >= 4 is 5.84 Å². The molecule has 0 saturated heterocycles. The molecule has 0 radical (unpaired) electrons. The SMILES string of the molecule is CC(=NC#N)N(C)C1c2ccccc2OC(C)(C)C1O. The number of rotatable bonds is 1. The maximum Gasteiger partial charge on any atom is 0.207 e. The number of hydrogen-bond donors (Lipinski definition) is 1. The van der Waals surface area contributed by atoms with Gasteiger partial charge in [0.15, 0.2) is 0 Å². The Bertz CT molecular complexity index is 575. The summed E-state index contributed by atoms with van der Waals surface area (Å²) in [5, 5.41) is 19.3. The van der Waals surface area contributed by atoms with Crippen LogP contribution in [-0.4, -0.2) is 34.6 Å². The first kappa shape index (κ1) is 14.4. The summed E-state index contributed by atoms with van der Waals surface area (Å²) in [7, 11) is 1.82. The quantitative estimate of drug-likeness (QED) is 0.483. The molecule has 1 N–H and O–H groups in total. The summed E-state index contributed by atoms with van der Waals surface area (Å²) >= 11 is 0. The molecule has 1 aliphatic rings. The van der Waals surface area contributed by atoms with Crippen LogP contribution in [0.25, 0.3) is 0 Å². The summed E-state index contributed by atoms with van der Waals surface area (Å²) in [6.07, 6.45) is 1.05. The number of para-hydroxylation sites is 1. The number of fused-ring (bicyclic) bond motifs is 1. The lowest BCUT2D eigenvalue weighted by molar-refractivity contribution is -0.0785. The fourth-order valence-electron chi connectivity index (χ4n) is 2.48. The minimum atomic E-state index is -0.730. The van der Waals surface area contributed by atoms with Crippen molar-refractivity contribution in [2.75, 3.05) is 7.05 Å². The van der Waals surface area contributed by atoms with Crippen LogP contribution in [-0.2, 0) is 0 Å². The maximum absolute atomic E-state index is 10.6. The van der Waals surface area contributed by atoms with Crippen molar-refractivity contribution in [1.82, 2.24) is 4.90 Å². The summed E-state index contributed by atoms with van der Waals surface area (Å²) < 4.78 is 5.87. The highest BCUT2D eigenvalue weighted by Gasteiger charge is 2.44. The first-order valence-corrected chi connectivity index (χ1v) is 6.50. The fraction of sp³-hybridized carbons (Fsp3) is 0.467. The average Bonchev–Trinajstić information content (AvgIpc) is 2.39. The van der Waals surface area contributed by atoms with Crippen LogP contribution in [0.1, 0.15) is 32.4 Å². The van der Waals surface area contributed by atoms with Crippen LogP contribution < -0.4 is 4.74 Å². The van der Waals surface area contributed by atoms with Crippen molar-refractivity contribution in [2.24, 2.45) is 4.99 Å². The number of nitriles is 1. The monoisotopic (exact) mass is 273 g/mol. The molecule has 1 heterocycles. The van der Waals surface area contributed by atoms with Gasteiger partial charge in [-0.1, -0.05) is 18.2 Å². The predicted molar refractivity (Wildman–Crippen MR) is 76.4 cm³/mol. The molecular formula is C15H19N3O2. The van der Waals surface area contributed by atoms with Crippen molar-refractivity contribution in [3.05, 3.63) is 29.8 Å². The highest BCUT2D eigenvalue weighted by molar-refractivity contribution is 5.81. The van der Waals surface area contributed by atoms with E-state index >= 15 is 0 Å². The second kappa shape index (κ2) is 5.14. The molecule has 20 heavy (non-hydrogen) atoms. The molecule has 0 bridgehead atoms. The lowest BCUT2D eigenvalue weighted by atomic mass is 9.85. The normalized spacial score (nSPS) is 24.3. The summed E-state index contributed by atoms with van der Waals surface area (Å²) in [5.74, 6) is 1.31. The van der Waals surface area contributed by atoms with Gasteiger partial charge in [0.1, 0.15) is 23.3 Å². The number of aliphatic imine (C=N–C) groups is 1. The van der Waals surface area contributed by atoms with Crippen LogP contribution in [0.3, 0.4) is 0 Å². The van der Waals surface area contributed by atoms with Crippen LogP contribution >= 0.6 is 0 Å². The van der Waals surface area contributed by atoms with Gasteiger partial charge in [-0.2, -0.15) is 10.3 Å². The Morgan fingerprint density at radius 3 is 2.75 bits per heavy atom. The molecule has 5 nitrogen and oxygen atoms in total. The molecule has 2 atom stereocenters. The summed E-state index contributed by atoms with van der Waals surface area (Å²) in [5.41, 5.74) is 0.189. The van der Waals surface area contributed by atoms with Gasteiger partial charge in [0.05, 0.1) is 6.04 Å². The zero-order valence-corrected chi connectivity index (χ0v) is 12.2. The van der Waals surface area contributed by atoms with Crippen molar-refractivity contribution in [3.63, 3.8) is 0 Å². The Balaban J connectivity index is 2.50. The van der Waals surface area contributed by atoms with Crippen LogP contribution in [0, 0.1) is 11.5 Å². The lowest BCUT2D eigenvalue weighted by Crippen LogP contribution is -2.53. The first-order chi connectivity index (χ1) is 9.38. The van der Waals surface area contributed by atoms with Crippen molar-refractivity contribution < 1.29 is 9.84 Å². The molecule has 2 unspecified atom stereocenters. The number of hydrogen-bond acceptors (Lipinski definition) is 4. The smallest absolute Gasteiger partial charge is 0.207 e. The number of ether oxygens (including phenoxy) is 1. The van der Waals surface area contributed by atoms with Gasteiger partial charge in [-0.15, -0.1) is 0 Å². The van der Waals surface area contributed by atoms with E-state index in [2.05, 4.69) is 4.99 Å². The Morgan fingerprint density at radius 1 is 1.45 bits per heavy atom. The predicted octanol–water partition coefficient (Wildman–Crippen LogP) is 2.09. The Morgan fingerprint density at radius 2 is 2.10 bits per heavy atom. The molecule has 0 fully saturated rings. The maximum atomic E-state index is 10.6. The zero-order chi connectivity index (χ0) is 14.9. The molecule has 0 amide bonds. The number of benzene rings is 1. The van der Waals surface area contributed by atoms with E-state index in [0.29, 0.717) is 5.84 Å². The number of aliphatic hydroxyl groups excluding tert-OH is 1. The minimum absolute atomic E-state index is 0.299. The molecule has 5 heteroatoms. The summed E-state index contributed by atoms with van der Waals surface area (Å²) in [4.78, 5) is 5.57. The molecule has 1 aromatic carbocycles. The fourth-order valence-corrected chi connectivity index (χ4v) is 2.48. The number of aliphatic hydroxyl groups is 1. The second-order valence-electron chi connectivity index (χ2n) is 5.50. The van der Waals surface area contributed by atoms with E-state index in [0.717, 1.165) is 11.3 Å². The van der Waals surface area contributed by atoms with E-state index in [1.165, 1.54) is 0 Å². The van der Waals surface area contributed by atoms with E-state index < -0.39 is 11.7 Å². The van der Waals surface area contributed by atoms with E-state index in [1.54, 1.807) is 13.1 Å². The van der Waals surface area contributed by atoms with E-state index in [-0.39, 0.29) is 6.04 Å². The molecule has 0 saturated carbocycles. The Kier molecular flexibility index (Phi) is 3.69. The molecule has 106 valence electrons. The third kappa shape index (κ3) is 2.35. The third-order valence-electron chi connectivity index (χ3n) is 3.76. The van der Waals surface area contributed by atoms with E-state index in [1.807, 2.05) is 50.1 Å². The molecule has 1 aromatic rings. The largest absolute Gasteiger partial charge is 0.485 e. The van der Waals surface area contributed by atoms with Crippen molar-refractivity contribution in [1.29, 1.82) is 5.26 Å². The van der Waals surface area contributed by atoms with Gasteiger partial charge in [-0.05, 0) is 26.8 Å². The van der Waals surface area contributed by atoms with Crippen LogP contribution in [0.4, 0.5) is 0 Å². The van der Waals surface area contributed by atoms with Gasteiger partial charge in [0, 0.05) is 12.6 Å². The van der Waals surface area contributed by atoms with Crippen LogP contribution in [0.5, 0.6) is 5.75 Å². The minimum Gasteiger partial charge on any atom is -0.485 e. The molecule has 1 aliphatic heterocycles. The Hall–Kier alpha value is -2.06. The van der Waals surface area contributed by atoms with Crippen LogP contribution in [0.2, 0.25) is 0 Å². The average molecular weight is 273 g/mol. The summed E-state index contributed by atoms with van der Waals surface area (Å²) in [6.45, 7) is 5.46. The van der Waals surface area contributed by atoms with Crippen LogP contribution in [0.15, 0.2) is 29.3 Å². The lowest BCUT2D eigenvalue weighted by Gasteiger charge is -2.45. The van der Waals surface area contributed by atoms with Gasteiger partial charge in [0.2, 0.25) is 6.19 Å². The van der Waals surface area contributed by atoms with Gasteiger partial charge in [-0.3, -0.25) is 0 Å². The first-order valence-electron chi connectivity index (χ1n) is 6.50. The molecule has 0 aliphatic carbocycles. The highest BCUT2D eigenvalue weighted by Crippen LogP contribution is 2.42. The van der Waals surface area contributed by atoms with Gasteiger partial charge >= 0.3 is 0 Å². The number of likely N-dealkylation sites (N-methyl/N-ethyl adjacent to an activating group) is 1. The number of amidine groups is 1. The van der Waals surface area contributed by atoms with E-state index in [4.69, 9.17) is 10.00 Å². The third-order valence-corrected chi connectivity index (χ3v) is 3.76. The number of nitrogens with zero attached hydrogens (tertiary/aromatic N) is 3. The topological polar surface area (TPSA) is 68.9 Å². The molecule has 2 rings (SSSR count). The standard InChI is InChI=1S/C15H19N3O2/c1-10(17-9-16)18(4)13-11-7-5-6-8-12(11)20-15(2,3)14(13)19/h5-8,13-14,19H,1-4H3. The van der Waals surface area contributed by atoms with Gasteiger partial charge < -0.3 is 14.7 Å². The second-order valence-corrected chi connectivity index (χ2v) is 5.50. The molecular weight excluding hydrogens is 254 g/mol. The summed E-state index contributed by atoms with van der Waals surface area (Å²) in [6, 6.07) is 7.33. The zero-order valence-electron chi connectivity index (χ0n) is 12.2. The Labute approximate surface area is 119 Å². The van der Waals surface area contributed by atoms with Crippen molar-refractivity contribution in [2.45, 2.75) is 38.5 Å². The van der Waals surface area contributed by atoms with Crippen molar-refractivity contribution in [3.8, 4) is 11.9 Å². The molecule has 0 spiro atoms. The molecule has 0 aromatic heterocycles.